The van der Waals surface area contributed by atoms with E-state index in [0.29, 0.717) is 27.2 Å². The standard InChI is InChI=1S/C26H41N2PS.C17H19NP.C16H25NP.C14H29NP.4C3H7.4CH4.4Ni/c1-24(2,3)29(25(4,5)6)19-26(30,20-11-15-22(16-12-20)27(7)8)21-13-17-23(18-14-21)28(9)10;1-17(2,3)16(18)19(14-10-6-4-7-11-14)15-12-8-5-9-13-15;1-15(2,3)18(16(4,5)6)12-14(17)13-10-8-7-9-11-13;1-12(2,3)11(15)10-16(13(4,5)6)14(7,8)9;4*1-3-2;;;;;;;;/h11-18,30H,19H2,1-10H3;4-13H,1-3H3;7-11H,12H2,1-6H3;10H2,1-9H3;4*3H,1-2H3;4*1H4;;;;/q;7*-1;;;;;4*+2/p+3. The molecule has 5 aromatic carbocycles. The minimum atomic E-state index is -1.26. The summed E-state index contributed by atoms with van der Waals surface area (Å²) in [6.07, 6.45) is 10.8. The van der Waals surface area contributed by atoms with Crippen molar-refractivity contribution in [1.29, 1.82) is 0 Å². The van der Waals surface area contributed by atoms with Gasteiger partial charge in [-0.2, -0.15) is 61.1 Å². The first-order valence-electron chi connectivity index (χ1n) is 34.7. The Hall–Kier alpha value is -1.25. The third kappa shape index (κ3) is 50.3. The first-order chi connectivity index (χ1) is 43.2. The third-order valence-electron chi connectivity index (χ3n) is 15.3. The maximum absolute atomic E-state index is 10.7. The number of rotatable bonds is 14. The summed E-state index contributed by atoms with van der Waals surface area (Å²) in [6, 6.07) is 48.3. The molecule has 5 rings (SSSR count). The van der Waals surface area contributed by atoms with Crippen molar-refractivity contribution in [3.8, 4) is 0 Å². The van der Waals surface area contributed by atoms with Gasteiger partial charge in [0, 0.05) is 69.5 Å². The molecule has 103 heavy (non-hydrogen) atoms. The number of hydrogen-bond acceptors (Lipinski definition) is 3. The summed E-state index contributed by atoms with van der Waals surface area (Å²) >= 11 is 6.57. The summed E-state index contributed by atoms with van der Waals surface area (Å²) in [7, 11) is 4.90. The van der Waals surface area contributed by atoms with Crippen molar-refractivity contribution in [3.63, 3.8) is 0 Å². The van der Waals surface area contributed by atoms with E-state index in [1.165, 1.54) is 33.1 Å². The van der Waals surface area contributed by atoms with Crippen LogP contribution >= 0.6 is 31.7 Å². The van der Waals surface area contributed by atoms with Gasteiger partial charge in [-0.15, -0.1) is 5.71 Å². The van der Waals surface area contributed by atoms with E-state index < -0.39 is 36.4 Å². The molecule has 0 N–H and O–H groups in total. The van der Waals surface area contributed by atoms with E-state index in [4.69, 9.17) is 12.6 Å². The molecule has 604 valence electrons. The van der Waals surface area contributed by atoms with Gasteiger partial charge in [0.15, 0.2) is 0 Å². The Morgan fingerprint density at radius 2 is 0.583 bits per heavy atom. The summed E-state index contributed by atoms with van der Waals surface area (Å²) in [5.41, 5.74) is 7.40. The van der Waals surface area contributed by atoms with Gasteiger partial charge in [0.05, 0.1) is 61.8 Å². The number of anilines is 2. The van der Waals surface area contributed by atoms with Gasteiger partial charge in [-0.1, -0.05) is 178 Å². The van der Waals surface area contributed by atoms with Gasteiger partial charge in [-0.3, -0.25) is 0 Å². The van der Waals surface area contributed by atoms with Crippen LogP contribution in [-0.2, 0) is 83.3 Å². The molecule has 14 heteroatoms. The zero-order valence-corrected chi connectivity index (χ0v) is 77.9. The molecule has 0 heterocycles. The average molecular weight is 1690 g/mol. The first-order valence-corrected chi connectivity index (χ1v) is 41.8. The van der Waals surface area contributed by atoms with Crippen LogP contribution in [0.3, 0.4) is 0 Å². The van der Waals surface area contributed by atoms with Crippen LogP contribution in [0.1, 0.15) is 268 Å². The molecule has 0 aliphatic rings. The number of hydrogen-bond donors (Lipinski definition) is 0. The van der Waals surface area contributed by atoms with Crippen LogP contribution in [0.4, 0.5) is 11.4 Å². The Morgan fingerprint density at radius 1 is 0.350 bits per heavy atom. The Labute approximate surface area is 695 Å². The van der Waals surface area contributed by atoms with Crippen molar-refractivity contribution in [2.75, 3.05) is 56.5 Å². The van der Waals surface area contributed by atoms with Gasteiger partial charge in [-0.25, -0.2) is 0 Å². The van der Waals surface area contributed by atoms with Crippen molar-refractivity contribution in [2.24, 2.45) is 10.8 Å². The molecule has 5 nitrogen and oxygen atoms in total. The number of nitrogens with zero attached hydrogens (tertiary/aromatic N) is 5. The summed E-state index contributed by atoms with van der Waals surface area (Å²) in [4.78, 5) is 4.28. The van der Waals surface area contributed by atoms with Crippen LogP contribution < -0.4 is 20.4 Å². The van der Waals surface area contributed by atoms with Crippen molar-refractivity contribution in [2.45, 2.75) is 287 Å². The first kappa shape index (κ1) is 125. The van der Waals surface area contributed by atoms with E-state index in [0.717, 1.165) is 24.0 Å². The summed E-state index contributed by atoms with van der Waals surface area (Å²) in [5.74, 6) is 0. The van der Waals surface area contributed by atoms with E-state index in [1.54, 1.807) is 0 Å². The Morgan fingerprint density at radius 3 is 0.796 bits per heavy atom. The van der Waals surface area contributed by atoms with E-state index >= 15 is 0 Å². The quantitative estimate of drug-likeness (QED) is 0.0366. The molecule has 0 aliphatic carbocycles. The Balaban J connectivity index is -0.000000115. The van der Waals surface area contributed by atoms with Crippen molar-refractivity contribution >= 4 is 83.2 Å². The predicted molar refractivity (Wildman–Crippen MR) is 487 cm³/mol. The van der Waals surface area contributed by atoms with Crippen LogP contribution in [0, 0.1) is 36.5 Å². The zero-order chi connectivity index (χ0) is 75.0. The second-order valence-corrected chi connectivity index (χ2v) is 49.7. The molecule has 0 fully saturated rings. The molecule has 0 spiro atoms. The normalized spacial score (nSPS) is 11.1. The third-order valence-corrected chi connectivity index (χ3v) is 32.3. The van der Waals surface area contributed by atoms with Gasteiger partial charge in [-0.05, 0) is 195 Å². The second-order valence-electron chi connectivity index (χ2n) is 33.7. The fraction of sp³-hybridized carbons (Fsp3) is 0.584. The van der Waals surface area contributed by atoms with Crippen molar-refractivity contribution in [3.05, 3.63) is 198 Å². The molecule has 0 saturated heterocycles. The fourth-order valence-corrected chi connectivity index (χ4v) is 26.6. The zero-order valence-electron chi connectivity index (χ0n) is 69.1. The van der Waals surface area contributed by atoms with Crippen molar-refractivity contribution < 1.29 is 66.0 Å². The molecule has 5 aromatic rings. The van der Waals surface area contributed by atoms with Gasteiger partial charge in [0.25, 0.3) is 0 Å². The summed E-state index contributed by atoms with van der Waals surface area (Å²) < 4.78 is -0.426. The second kappa shape index (κ2) is 58.6. The van der Waals surface area contributed by atoms with E-state index in [9.17, 15) is 16.2 Å². The minimum absolute atomic E-state index is 0. The Bertz CT molecular complexity index is 2700. The average Bonchev–Trinajstić information content (AvgIpc) is 0.769. The van der Waals surface area contributed by atoms with Crippen molar-refractivity contribution in [1.82, 2.24) is 0 Å². The summed E-state index contributed by atoms with van der Waals surface area (Å²) in [6.45, 7) is 70.5. The Kier molecular flexibility index (Phi) is 71.4. The molecule has 0 bridgehead atoms. The fourth-order valence-electron chi connectivity index (χ4n) is 11.0. The topological polar surface area (TPSA) is 73.4 Å². The molecule has 0 aliphatic heterocycles. The van der Waals surface area contributed by atoms with Gasteiger partial charge in [0.1, 0.15) is 0 Å². The van der Waals surface area contributed by atoms with Crippen LogP contribution in [0.25, 0.3) is 16.2 Å². The van der Waals surface area contributed by atoms with E-state index in [1.807, 2.05) is 148 Å². The van der Waals surface area contributed by atoms with Gasteiger partial charge in [0.2, 0.25) is 0 Å². The minimum Gasteiger partial charge on any atom is -0.808 e. The van der Waals surface area contributed by atoms with E-state index in [2.05, 4.69) is 277 Å². The maximum Gasteiger partial charge on any atom is 2.00 e. The smallest absolute Gasteiger partial charge is 0.808 e. The summed E-state index contributed by atoms with van der Waals surface area (Å²) in [5, 5.41) is 35.5. The van der Waals surface area contributed by atoms with Crippen LogP contribution in [0.15, 0.2) is 140 Å². The molecule has 0 radical (unpaired) electrons. The van der Waals surface area contributed by atoms with E-state index in [-0.39, 0.29) is 127 Å². The monoisotopic (exact) mass is 1690 g/mol. The predicted octanol–water partition coefficient (Wildman–Crippen LogP) is 27.5. The molecule has 0 amide bonds. The maximum atomic E-state index is 10.7. The van der Waals surface area contributed by atoms with Gasteiger partial charge < -0.3 is 64.3 Å². The van der Waals surface area contributed by atoms with Crippen LogP contribution in [0.5, 0.6) is 0 Å². The number of benzene rings is 5. The van der Waals surface area contributed by atoms with Gasteiger partial charge >= 0.3 is 66.0 Å². The molecule has 0 unspecified atom stereocenters. The SMILES string of the molecule is C.C.C.C.CC(C)(C)C(=[N-])C[PH+](C(C)(C)C)C(C)(C)C.CC(C)(C)C(=[N-])[PH+](c1ccccc1)c1ccccc1.CC(C)(C)[PH+](CC(=[N-])c1ccccc1)C(C)(C)C.CN(C)c1ccc(C([S-])(C[PH+](C(C)(C)C)C(C)(C)C)c2ccc(N(C)C)cc2)cc1.C[CH-]C.C[CH-]C.C[CH-]C.C[CH-]C.[Ni+2].[Ni+2].[Ni+2].[Ni+2]. The molecular weight excluding hydrogens is 1530 g/mol. The van der Waals surface area contributed by atoms with Crippen LogP contribution in [0.2, 0.25) is 0 Å². The largest absolute Gasteiger partial charge is 2.00 e. The molecular formula is C89H161N5Ni4P4S+4. The molecule has 0 atom stereocenters. The molecule has 0 aromatic heterocycles. The molecule has 0 saturated carbocycles. The van der Waals surface area contributed by atoms with Crippen LogP contribution in [-0.4, -0.2) is 94.5 Å².